The van der Waals surface area contributed by atoms with E-state index >= 15 is 0 Å². The van der Waals surface area contributed by atoms with Crippen LogP contribution < -0.4 is 4.90 Å². The molecule has 0 amide bonds. The maximum Gasteiger partial charge on any atom is 0.0683 e. The molecule has 228 valence electrons. The van der Waals surface area contributed by atoms with Crippen LogP contribution in [-0.4, -0.2) is 6.54 Å². The summed E-state index contributed by atoms with van der Waals surface area (Å²) in [5.41, 5.74) is 3.34. The zero-order valence-corrected chi connectivity index (χ0v) is 29.8. The van der Waals surface area contributed by atoms with Gasteiger partial charge in [-0.05, 0) is 85.8 Å². The van der Waals surface area contributed by atoms with Gasteiger partial charge in [-0.15, -0.1) is 22.7 Å². The molecule has 3 heteroatoms. The molecule has 0 saturated heterocycles. The van der Waals surface area contributed by atoms with Gasteiger partial charge >= 0.3 is 0 Å². The minimum absolute atomic E-state index is 0.120. The summed E-state index contributed by atoms with van der Waals surface area (Å²) in [6.45, 7) is 27.6. The van der Waals surface area contributed by atoms with E-state index in [4.69, 9.17) is 0 Å². The Hall–Kier alpha value is -0.800. The number of rotatable bonds is 17. The molecule has 0 fully saturated rings. The molecule has 2 aromatic heterocycles. The lowest BCUT2D eigenvalue weighted by Crippen LogP contribution is -2.48. The van der Waals surface area contributed by atoms with Crippen molar-refractivity contribution in [2.24, 2.45) is 23.7 Å². The molecule has 2 aromatic rings. The lowest BCUT2D eigenvalue weighted by Gasteiger charge is -2.49. The quantitative estimate of drug-likeness (QED) is 0.178. The fourth-order valence-electron chi connectivity index (χ4n) is 6.78. The molecule has 0 spiro atoms. The third kappa shape index (κ3) is 8.18. The van der Waals surface area contributed by atoms with E-state index in [0.717, 1.165) is 30.2 Å². The van der Waals surface area contributed by atoms with Crippen LogP contribution in [0.2, 0.25) is 0 Å². The van der Waals surface area contributed by atoms with E-state index in [1.165, 1.54) is 64.2 Å². The molecular formula is C37H63NS2. The van der Waals surface area contributed by atoms with Gasteiger partial charge in [-0.3, -0.25) is 0 Å². The molecule has 40 heavy (non-hydrogen) atoms. The van der Waals surface area contributed by atoms with Gasteiger partial charge in [-0.25, -0.2) is 0 Å². The van der Waals surface area contributed by atoms with Gasteiger partial charge < -0.3 is 4.90 Å². The van der Waals surface area contributed by atoms with Gasteiger partial charge in [0.15, 0.2) is 0 Å². The summed E-state index contributed by atoms with van der Waals surface area (Å²) in [6, 6.07) is 5.25. The van der Waals surface area contributed by atoms with Crippen LogP contribution in [0.1, 0.15) is 168 Å². The second-order valence-corrected chi connectivity index (χ2v) is 16.9. The summed E-state index contributed by atoms with van der Waals surface area (Å²) in [4.78, 5) is 9.19. The zero-order chi connectivity index (χ0) is 29.6. The first-order valence-electron chi connectivity index (χ1n) is 16.9. The Balaban J connectivity index is 2.01. The molecule has 0 aliphatic carbocycles. The third-order valence-corrected chi connectivity index (χ3v) is 12.5. The average Bonchev–Trinajstić information content (AvgIpc) is 3.51. The second-order valence-electron chi connectivity index (χ2n) is 14.8. The first kappa shape index (κ1) is 33.7. The molecule has 0 N–H and O–H groups in total. The largest absolute Gasteiger partial charge is 0.361 e. The van der Waals surface area contributed by atoms with E-state index in [2.05, 4.69) is 116 Å². The van der Waals surface area contributed by atoms with Crippen molar-refractivity contribution in [3.05, 3.63) is 27.5 Å². The third-order valence-electron chi connectivity index (χ3n) is 9.51. The van der Waals surface area contributed by atoms with Crippen molar-refractivity contribution in [3.63, 3.8) is 0 Å². The van der Waals surface area contributed by atoms with E-state index in [1.807, 2.05) is 0 Å². The Kier molecular flexibility index (Phi) is 12.7. The normalized spacial score (nSPS) is 18.7. The summed E-state index contributed by atoms with van der Waals surface area (Å²) < 4.78 is 0. The fraction of sp³-hybridized carbons (Fsp3) is 0.784. The van der Waals surface area contributed by atoms with Gasteiger partial charge in [-0.1, -0.05) is 108 Å². The maximum atomic E-state index is 2.89. The maximum absolute atomic E-state index is 2.89. The molecule has 1 nitrogen and oxygen atoms in total. The Bertz CT molecular complexity index is 999. The predicted molar refractivity (Wildman–Crippen MR) is 185 cm³/mol. The summed E-state index contributed by atoms with van der Waals surface area (Å²) in [5.74, 6) is 4.39. The topological polar surface area (TPSA) is 3.24 Å². The van der Waals surface area contributed by atoms with Gasteiger partial charge in [0.2, 0.25) is 0 Å². The van der Waals surface area contributed by atoms with Gasteiger partial charge in [0.05, 0.1) is 21.0 Å². The highest BCUT2D eigenvalue weighted by atomic mass is 32.1. The summed E-state index contributed by atoms with van der Waals surface area (Å²) >= 11 is 4.19. The van der Waals surface area contributed by atoms with Crippen LogP contribution in [0.5, 0.6) is 0 Å². The van der Waals surface area contributed by atoms with Crippen molar-refractivity contribution in [2.45, 2.75) is 158 Å². The number of anilines is 1. The minimum Gasteiger partial charge on any atom is -0.361 e. The Morgan fingerprint density at radius 2 is 1.10 bits per heavy atom. The Labute approximate surface area is 257 Å². The van der Waals surface area contributed by atoms with Crippen molar-refractivity contribution in [2.75, 3.05) is 11.4 Å². The summed E-state index contributed by atoms with van der Waals surface area (Å²) in [6.07, 6.45) is 13.5. The van der Waals surface area contributed by atoms with E-state index in [9.17, 15) is 0 Å². The predicted octanol–water partition coefficient (Wildman–Crippen LogP) is 13.2. The molecule has 1 aliphatic rings. The van der Waals surface area contributed by atoms with Crippen molar-refractivity contribution in [1.82, 2.24) is 0 Å². The van der Waals surface area contributed by atoms with E-state index in [-0.39, 0.29) is 5.54 Å². The molecule has 0 radical (unpaired) electrons. The lowest BCUT2D eigenvalue weighted by molar-refractivity contribution is 0.275. The molecule has 0 bridgehead atoms. The zero-order valence-electron chi connectivity index (χ0n) is 28.2. The SMILES string of the molecule is CCN1c2cc(C(C)C)sc2-c2sc(C(C)C)cc2C1(CCC(C)CCCC(C)C)CCC(C)CCCC(C)C. The number of fused-ring (bicyclic) bond motifs is 3. The van der Waals surface area contributed by atoms with Gasteiger partial charge in [0, 0.05) is 16.3 Å². The van der Waals surface area contributed by atoms with Crippen LogP contribution in [0.3, 0.4) is 0 Å². The van der Waals surface area contributed by atoms with E-state index in [1.54, 1.807) is 30.8 Å². The number of thiophene rings is 2. The van der Waals surface area contributed by atoms with Gasteiger partial charge in [-0.2, -0.15) is 0 Å². The van der Waals surface area contributed by atoms with Crippen LogP contribution in [-0.2, 0) is 5.54 Å². The molecule has 0 saturated carbocycles. The Morgan fingerprint density at radius 3 is 1.55 bits per heavy atom. The van der Waals surface area contributed by atoms with Crippen LogP contribution in [0.15, 0.2) is 12.1 Å². The summed E-state index contributed by atoms with van der Waals surface area (Å²) in [7, 11) is 0. The molecule has 3 rings (SSSR count). The first-order valence-corrected chi connectivity index (χ1v) is 18.6. The van der Waals surface area contributed by atoms with Crippen LogP contribution in [0.25, 0.3) is 9.75 Å². The molecule has 3 heterocycles. The van der Waals surface area contributed by atoms with Gasteiger partial charge in [0.1, 0.15) is 0 Å². The highest BCUT2D eigenvalue weighted by Gasteiger charge is 2.46. The molecule has 2 unspecified atom stereocenters. The highest BCUT2D eigenvalue weighted by molar-refractivity contribution is 7.23. The van der Waals surface area contributed by atoms with E-state index in [0.29, 0.717) is 11.8 Å². The molecule has 0 aromatic carbocycles. The minimum atomic E-state index is 0.120. The van der Waals surface area contributed by atoms with Crippen molar-refractivity contribution in [1.29, 1.82) is 0 Å². The Morgan fingerprint density at radius 1 is 0.625 bits per heavy atom. The number of hydrogen-bond acceptors (Lipinski definition) is 3. The fourth-order valence-corrected chi connectivity index (χ4v) is 9.35. The molecule has 1 aliphatic heterocycles. The first-order chi connectivity index (χ1) is 18.9. The highest BCUT2D eigenvalue weighted by Crippen LogP contribution is 2.58. The smallest absolute Gasteiger partial charge is 0.0683 e. The standard InChI is InChI=1S/C37H63NS2/c1-12-38-32-24-34(28(8)9)40-36(32)35-31(23-33(39-35)27(6)7)37(38,21-19-29(10)17-13-15-25(2)3)22-20-30(11)18-14-16-26(4)5/h23-30H,12-22H2,1-11H3. The number of nitrogens with zero attached hydrogens (tertiary/aromatic N) is 1. The molecule has 2 atom stereocenters. The van der Waals surface area contributed by atoms with Crippen molar-refractivity contribution in [3.8, 4) is 9.75 Å². The van der Waals surface area contributed by atoms with E-state index < -0.39 is 0 Å². The second kappa shape index (κ2) is 15.1. The van der Waals surface area contributed by atoms with Crippen LogP contribution in [0.4, 0.5) is 5.69 Å². The monoisotopic (exact) mass is 585 g/mol. The molecular weight excluding hydrogens is 523 g/mol. The van der Waals surface area contributed by atoms with Gasteiger partial charge in [0.25, 0.3) is 0 Å². The average molecular weight is 586 g/mol. The number of hydrogen-bond donors (Lipinski definition) is 0. The van der Waals surface area contributed by atoms with Crippen molar-refractivity contribution < 1.29 is 0 Å². The van der Waals surface area contributed by atoms with Crippen molar-refractivity contribution >= 4 is 28.4 Å². The summed E-state index contributed by atoms with van der Waals surface area (Å²) in [5, 5.41) is 0. The van der Waals surface area contributed by atoms with Crippen LogP contribution in [0, 0.1) is 23.7 Å². The lowest BCUT2D eigenvalue weighted by atomic mass is 9.74. The van der Waals surface area contributed by atoms with Crippen LogP contribution >= 0.6 is 22.7 Å².